The summed E-state index contributed by atoms with van der Waals surface area (Å²) in [7, 11) is -3.48. The molecule has 3 aromatic rings. The van der Waals surface area contributed by atoms with Gasteiger partial charge in [-0.05, 0) is 62.2 Å². The second-order valence-electron chi connectivity index (χ2n) is 7.57. The summed E-state index contributed by atoms with van der Waals surface area (Å²) in [4.78, 5) is 12.6. The standard InChI is InChI=1S/C24H26N2O3S/c1-17-5-8-20(9-6-17)16-26(30(4,28)29)22-12-10-21(11-13-22)24(27)25-23-14-7-18(2)15-19(23)3/h5-15H,16H2,1-4H3,(H,25,27). The molecule has 0 saturated heterocycles. The molecule has 0 aliphatic heterocycles. The van der Waals surface area contributed by atoms with E-state index >= 15 is 0 Å². The van der Waals surface area contributed by atoms with E-state index in [0.29, 0.717) is 11.3 Å². The summed E-state index contributed by atoms with van der Waals surface area (Å²) in [6.45, 7) is 6.16. The summed E-state index contributed by atoms with van der Waals surface area (Å²) in [5.74, 6) is -0.238. The van der Waals surface area contributed by atoms with Gasteiger partial charge in [-0.15, -0.1) is 0 Å². The number of anilines is 2. The third kappa shape index (κ3) is 5.27. The van der Waals surface area contributed by atoms with Gasteiger partial charge in [-0.1, -0.05) is 47.5 Å². The Hall–Kier alpha value is -3.12. The molecule has 0 radical (unpaired) electrons. The first-order valence-electron chi connectivity index (χ1n) is 9.65. The zero-order chi connectivity index (χ0) is 21.9. The van der Waals surface area contributed by atoms with Crippen LogP contribution < -0.4 is 9.62 Å². The molecule has 1 amide bonds. The van der Waals surface area contributed by atoms with Crippen LogP contribution in [0.3, 0.4) is 0 Å². The molecule has 3 rings (SSSR count). The Labute approximate surface area is 178 Å². The molecule has 0 fully saturated rings. The van der Waals surface area contributed by atoms with Crippen molar-refractivity contribution >= 4 is 27.3 Å². The number of rotatable bonds is 6. The van der Waals surface area contributed by atoms with Crippen molar-refractivity contribution in [2.75, 3.05) is 15.9 Å². The average Bonchev–Trinajstić information content (AvgIpc) is 2.69. The number of carbonyl (C=O) groups is 1. The number of aryl methyl sites for hydroxylation is 3. The Balaban J connectivity index is 1.80. The average molecular weight is 423 g/mol. The maximum absolute atomic E-state index is 12.6. The summed E-state index contributed by atoms with van der Waals surface area (Å²) < 4.78 is 26.1. The van der Waals surface area contributed by atoms with Crippen molar-refractivity contribution in [2.45, 2.75) is 27.3 Å². The lowest BCUT2D eigenvalue weighted by molar-refractivity contribution is 0.102. The number of nitrogens with one attached hydrogen (secondary N) is 1. The summed E-state index contributed by atoms with van der Waals surface area (Å²) in [6.07, 6.45) is 1.18. The van der Waals surface area contributed by atoms with Gasteiger partial charge in [0.05, 0.1) is 18.5 Å². The van der Waals surface area contributed by atoms with Crippen molar-refractivity contribution in [1.82, 2.24) is 0 Å². The summed E-state index contributed by atoms with van der Waals surface area (Å²) in [5.41, 5.74) is 5.85. The maximum atomic E-state index is 12.6. The molecule has 0 atom stereocenters. The van der Waals surface area contributed by atoms with Crippen LogP contribution in [-0.4, -0.2) is 20.6 Å². The number of hydrogen-bond acceptors (Lipinski definition) is 3. The van der Waals surface area contributed by atoms with E-state index in [1.807, 2.05) is 63.2 Å². The molecule has 0 aromatic heterocycles. The molecular formula is C24H26N2O3S. The minimum Gasteiger partial charge on any atom is -0.322 e. The van der Waals surface area contributed by atoms with Crippen molar-refractivity contribution in [3.8, 4) is 0 Å². The van der Waals surface area contributed by atoms with Gasteiger partial charge in [0.1, 0.15) is 0 Å². The molecule has 0 aliphatic carbocycles. The monoisotopic (exact) mass is 422 g/mol. The number of nitrogens with zero attached hydrogens (tertiary/aromatic N) is 1. The van der Waals surface area contributed by atoms with Crippen molar-refractivity contribution in [3.63, 3.8) is 0 Å². The Morgan fingerprint density at radius 2 is 1.47 bits per heavy atom. The number of benzene rings is 3. The molecular weight excluding hydrogens is 396 g/mol. The van der Waals surface area contributed by atoms with Crippen molar-refractivity contribution in [3.05, 3.63) is 94.5 Å². The predicted octanol–water partition coefficient (Wildman–Crippen LogP) is 4.83. The van der Waals surface area contributed by atoms with Gasteiger partial charge >= 0.3 is 0 Å². The molecule has 0 saturated carbocycles. The lowest BCUT2D eigenvalue weighted by Crippen LogP contribution is -2.29. The van der Waals surface area contributed by atoms with Crippen LogP contribution in [-0.2, 0) is 16.6 Å². The van der Waals surface area contributed by atoms with E-state index < -0.39 is 10.0 Å². The zero-order valence-electron chi connectivity index (χ0n) is 17.6. The highest BCUT2D eigenvalue weighted by atomic mass is 32.2. The van der Waals surface area contributed by atoms with Crippen LogP contribution in [0.1, 0.15) is 32.6 Å². The molecule has 0 unspecified atom stereocenters. The third-order valence-corrected chi connectivity index (χ3v) is 6.04. The number of hydrogen-bond donors (Lipinski definition) is 1. The Bertz CT molecular complexity index is 1150. The Kier molecular flexibility index (Phi) is 6.27. The van der Waals surface area contributed by atoms with Gasteiger partial charge in [0.15, 0.2) is 0 Å². The fourth-order valence-electron chi connectivity index (χ4n) is 3.19. The normalized spacial score (nSPS) is 11.2. The second-order valence-corrected chi connectivity index (χ2v) is 9.48. The Morgan fingerprint density at radius 3 is 2.03 bits per heavy atom. The number of sulfonamides is 1. The van der Waals surface area contributed by atoms with Gasteiger partial charge in [-0.2, -0.15) is 0 Å². The lowest BCUT2D eigenvalue weighted by atomic mass is 10.1. The maximum Gasteiger partial charge on any atom is 0.255 e. The van der Waals surface area contributed by atoms with Gasteiger partial charge in [0, 0.05) is 11.3 Å². The first-order chi connectivity index (χ1) is 14.1. The predicted molar refractivity (Wildman–Crippen MR) is 123 cm³/mol. The summed E-state index contributed by atoms with van der Waals surface area (Å²) in [5, 5.41) is 2.91. The first-order valence-corrected chi connectivity index (χ1v) is 11.5. The topological polar surface area (TPSA) is 66.5 Å². The van der Waals surface area contributed by atoms with Gasteiger partial charge in [-0.25, -0.2) is 8.42 Å². The van der Waals surface area contributed by atoms with Crippen LogP contribution in [0.15, 0.2) is 66.7 Å². The van der Waals surface area contributed by atoms with Crippen molar-refractivity contribution < 1.29 is 13.2 Å². The first kappa shape index (κ1) is 21.6. The molecule has 0 aliphatic rings. The quantitative estimate of drug-likeness (QED) is 0.619. The molecule has 0 spiro atoms. The molecule has 30 heavy (non-hydrogen) atoms. The van der Waals surface area contributed by atoms with E-state index in [9.17, 15) is 13.2 Å². The number of amides is 1. The van der Waals surface area contributed by atoms with E-state index in [2.05, 4.69) is 5.32 Å². The fourth-order valence-corrected chi connectivity index (χ4v) is 4.07. The van der Waals surface area contributed by atoms with Crippen molar-refractivity contribution in [2.24, 2.45) is 0 Å². The highest BCUT2D eigenvalue weighted by Gasteiger charge is 2.18. The van der Waals surface area contributed by atoms with E-state index in [0.717, 1.165) is 27.9 Å². The van der Waals surface area contributed by atoms with Crippen LogP contribution >= 0.6 is 0 Å². The Morgan fingerprint density at radius 1 is 0.867 bits per heavy atom. The SMILES string of the molecule is Cc1ccc(CN(c2ccc(C(=O)Nc3ccc(C)cc3C)cc2)S(C)(=O)=O)cc1. The molecule has 0 bridgehead atoms. The van der Waals surface area contributed by atoms with Crippen LogP contribution in [0.2, 0.25) is 0 Å². The minimum atomic E-state index is -3.48. The molecule has 1 N–H and O–H groups in total. The molecule has 6 heteroatoms. The number of carbonyl (C=O) groups excluding carboxylic acids is 1. The van der Waals surface area contributed by atoms with Gasteiger partial charge in [0.25, 0.3) is 5.91 Å². The molecule has 5 nitrogen and oxygen atoms in total. The second kappa shape index (κ2) is 8.71. The summed E-state index contributed by atoms with van der Waals surface area (Å²) >= 11 is 0. The largest absolute Gasteiger partial charge is 0.322 e. The highest BCUT2D eigenvalue weighted by molar-refractivity contribution is 7.92. The van der Waals surface area contributed by atoms with E-state index in [1.54, 1.807) is 24.3 Å². The van der Waals surface area contributed by atoms with Gasteiger partial charge in [0.2, 0.25) is 10.0 Å². The third-order valence-electron chi connectivity index (χ3n) is 4.89. The summed E-state index contributed by atoms with van der Waals surface area (Å²) in [6, 6.07) is 20.2. The fraction of sp³-hybridized carbons (Fsp3) is 0.208. The van der Waals surface area contributed by atoms with Crippen LogP contribution in [0.25, 0.3) is 0 Å². The van der Waals surface area contributed by atoms with Crippen LogP contribution in [0.4, 0.5) is 11.4 Å². The zero-order valence-corrected chi connectivity index (χ0v) is 18.5. The van der Waals surface area contributed by atoms with E-state index in [1.165, 1.54) is 10.6 Å². The van der Waals surface area contributed by atoms with Crippen LogP contribution in [0.5, 0.6) is 0 Å². The van der Waals surface area contributed by atoms with Gasteiger partial charge < -0.3 is 5.32 Å². The minimum absolute atomic E-state index is 0.229. The van der Waals surface area contributed by atoms with E-state index in [-0.39, 0.29) is 12.5 Å². The van der Waals surface area contributed by atoms with Gasteiger partial charge in [-0.3, -0.25) is 9.10 Å². The van der Waals surface area contributed by atoms with Crippen molar-refractivity contribution in [1.29, 1.82) is 0 Å². The lowest BCUT2D eigenvalue weighted by Gasteiger charge is -2.23. The molecule has 156 valence electrons. The molecule has 3 aromatic carbocycles. The smallest absolute Gasteiger partial charge is 0.255 e. The highest BCUT2D eigenvalue weighted by Crippen LogP contribution is 2.23. The molecule has 0 heterocycles. The van der Waals surface area contributed by atoms with Crippen LogP contribution in [0, 0.1) is 20.8 Å². The van der Waals surface area contributed by atoms with E-state index in [4.69, 9.17) is 0 Å².